The van der Waals surface area contributed by atoms with Crippen LogP contribution in [0.25, 0.3) is 11.1 Å². The van der Waals surface area contributed by atoms with Gasteiger partial charge in [0, 0.05) is 0 Å². The maximum absolute atomic E-state index is 13.8. The maximum atomic E-state index is 13.8. The van der Waals surface area contributed by atoms with Crippen LogP contribution >= 0.6 is 12.9 Å². The molecule has 0 aliphatic rings. The third kappa shape index (κ3) is 2.72. The zero-order chi connectivity index (χ0) is 17.6. The molecule has 0 aliphatic heterocycles. The van der Waals surface area contributed by atoms with Crippen molar-refractivity contribution in [2.45, 2.75) is 0 Å². The highest BCUT2D eigenvalue weighted by atomic mass is 79.9. The van der Waals surface area contributed by atoms with Gasteiger partial charge in [0.05, 0.1) is 11.1 Å². The predicted octanol–water partition coefficient (Wildman–Crippen LogP) is 4.24. The minimum atomic E-state index is -2.59. The Morgan fingerprint density at radius 1 is 0.435 bits per heavy atom. The summed E-state index contributed by atoms with van der Waals surface area (Å²) in [6.07, 6.45) is 0. The summed E-state index contributed by atoms with van der Waals surface area (Å²) in [7, 11) is 0. The number of hydrogen-bond donors (Lipinski definition) is 0. The van der Waals surface area contributed by atoms with Gasteiger partial charge in [-0.1, -0.05) is 3.69 Å². The van der Waals surface area contributed by atoms with Gasteiger partial charge in [0.2, 0.25) is 5.82 Å². The molecule has 0 spiro atoms. The highest BCUT2D eigenvalue weighted by Crippen LogP contribution is 2.35. The van der Waals surface area contributed by atoms with E-state index in [1.54, 1.807) is 0 Å². The van der Waals surface area contributed by atoms with Crippen molar-refractivity contribution in [3.8, 4) is 11.1 Å². The average Bonchev–Trinajstić information content (AvgIpc) is 2.53. The molecule has 0 radical (unpaired) electrons. The second-order valence-corrected chi connectivity index (χ2v) is 6.84. The molecule has 0 aromatic heterocycles. The quantitative estimate of drug-likeness (QED) is 0.296. The van der Waals surface area contributed by atoms with Crippen LogP contribution in [0, 0.1) is 52.4 Å². The van der Waals surface area contributed by atoms with Crippen molar-refractivity contribution in [1.82, 2.24) is 0 Å². The molecule has 0 saturated carbocycles. The molecule has 23 heavy (non-hydrogen) atoms. The Labute approximate surface area is 137 Å². The topological polar surface area (TPSA) is 0 Å². The smallest absolute Gasteiger partial charge is 0.296 e. The van der Waals surface area contributed by atoms with Crippen molar-refractivity contribution in [2.24, 2.45) is 0 Å². The molecule has 0 nitrogen and oxygen atoms in total. The monoisotopic (exact) mass is 418 g/mol. The van der Waals surface area contributed by atoms with Crippen LogP contribution in [0.1, 0.15) is 0 Å². The van der Waals surface area contributed by atoms with Gasteiger partial charge in [-0.2, -0.15) is 0 Å². The molecule has 120 valence electrons. The van der Waals surface area contributed by atoms with E-state index in [9.17, 15) is 39.5 Å². The van der Waals surface area contributed by atoms with Crippen LogP contribution in [-0.4, -0.2) is 18.2 Å². The minimum absolute atomic E-state index is 1.01. The van der Waals surface area contributed by atoms with Crippen molar-refractivity contribution in [3.63, 3.8) is 0 Å². The van der Waals surface area contributed by atoms with Crippen LogP contribution in [0.15, 0.2) is 0 Å². The van der Waals surface area contributed by atoms with Gasteiger partial charge in [0.1, 0.15) is 11.6 Å². The van der Waals surface area contributed by atoms with E-state index >= 15 is 0 Å². The summed E-state index contributed by atoms with van der Waals surface area (Å²) in [5.74, 6) is -21.2. The molecule has 2 aromatic carbocycles. The van der Waals surface area contributed by atoms with Gasteiger partial charge in [-0.05, 0) is 0 Å². The largest absolute Gasteiger partial charge is 0.516 e. The summed E-state index contributed by atoms with van der Waals surface area (Å²) in [6.45, 7) is 0. The van der Waals surface area contributed by atoms with Crippen LogP contribution in [0.3, 0.4) is 0 Å². The van der Waals surface area contributed by atoms with E-state index < -0.39 is 85.4 Å². The number of hydrogen-bond acceptors (Lipinski definition) is 0. The predicted molar refractivity (Wildman–Crippen MR) is 65.8 cm³/mol. The van der Waals surface area contributed by atoms with Crippen LogP contribution < -0.4 is 3.69 Å². The molecule has 0 amide bonds. The SMILES string of the molecule is Fc1c(F)c(F)c(-c2c(F)c(F)[c]([Mg][Br])c(F)c2F)c(F)c1F. The van der Waals surface area contributed by atoms with Gasteiger partial charge in [-0.3, -0.25) is 12.9 Å². The summed E-state index contributed by atoms with van der Waals surface area (Å²) in [5.41, 5.74) is -4.09. The summed E-state index contributed by atoms with van der Waals surface area (Å²) < 4.78 is 120. The lowest BCUT2D eigenvalue weighted by Gasteiger charge is -2.13. The third-order valence-corrected chi connectivity index (χ3v) is 5.52. The van der Waals surface area contributed by atoms with E-state index in [-0.39, 0.29) is 0 Å². The van der Waals surface area contributed by atoms with Gasteiger partial charge in [-0.15, -0.1) is 0 Å². The van der Waals surface area contributed by atoms with Crippen LogP contribution in [0.5, 0.6) is 0 Å². The van der Waals surface area contributed by atoms with E-state index in [4.69, 9.17) is 0 Å². The second kappa shape index (κ2) is 6.52. The molecular weight excluding hydrogens is 419 g/mol. The molecule has 0 atom stereocenters. The lowest BCUT2D eigenvalue weighted by Crippen LogP contribution is -2.24. The van der Waals surface area contributed by atoms with Crippen LogP contribution in [-0.2, 0) is 0 Å². The van der Waals surface area contributed by atoms with Gasteiger partial charge in [-0.25, -0.2) is 39.5 Å². The number of halogens is 10. The van der Waals surface area contributed by atoms with Crippen molar-refractivity contribution in [3.05, 3.63) is 52.4 Å². The average molecular weight is 419 g/mol. The van der Waals surface area contributed by atoms with E-state index in [1.165, 1.54) is 0 Å². The van der Waals surface area contributed by atoms with E-state index in [0.717, 1.165) is 0 Å². The Morgan fingerprint density at radius 2 is 0.696 bits per heavy atom. The fourth-order valence-corrected chi connectivity index (χ4v) is 3.86. The van der Waals surface area contributed by atoms with Gasteiger partial charge in [0.25, 0.3) is 0 Å². The molecule has 0 N–H and O–H groups in total. The first-order chi connectivity index (χ1) is 10.6. The van der Waals surface area contributed by atoms with Crippen molar-refractivity contribution in [2.75, 3.05) is 0 Å². The molecule has 0 fully saturated rings. The summed E-state index contributed by atoms with van der Waals surface area (Å²) in [4.78, 5) is 0. The third-order valence-electron chi connectivity index (χ3n) is 2.95. The standard InChI is InChI=1S/C12F9.BrH.Mg/c13-2-1-3(14)7(16)4(6(2)15)5-8(17)10(19)12(21)11(20)9(5)18;;/h;1H;/q;;+1/p-1. The summed E-state index contributed by atoms with van der Waals surface area (Å²) in [5, 5.41) is 0. The van der Waals surface area contributed by atoms with E-state index in [1.807, 2.05) is 0 Å². The molecule has 0 bridgehead atoms. The minimum Gasteiger partial charge on any atom is -0.296 e. The van der Waals surface area contributed by atoms with Crippen molar-refractivity contribution in [1.29, 1.82) is 0 Å². The van der Waals surface area contributed by atoms with Gasteiger partial charge in [0.15, 0.2) is 34.9 Å². The Bertz CT molecular complexity index is 763. The summed E-state index contributed by atoms with van der Waals surface area (Å²) in [6, 6.07) is 0. The van der Waals surface area contributed by atoms with Crippen LogP contribution in [0.4, 0.5) is 39.5 Å². The van der Waals surface area contributed by atoms with Crippen LogP contribution in [0.2, 0.25) is 0 Å². The molecule has 2 aromatic rings. The Kier molecular flexibility index (Phi) is 5.21. The second-order valence-electron chi connectivity index (χ2n) is 4.19. The Hall–Kier alpha value is -0.944. The van der Waals surface area contributed by atoms with Crippen molar-refractivity contribution < 1.29 is 39.5 Å². The Morgan fingerprint density at radius 3 is 1.00 bits per heavy atom. The molecular formula is C12BrF9Mg. The highest BCUT2D eigenvalue weighted by molar-refractivity contribution is 9.23. The highest BCUT2D eigenvalue weighted by Gasteiger charge is 2.33. The first kappa shape index (κ1) is 18.4. The lowest BCUT2D eigenvalue weighted by molar-refractivity contribution is 0.379. The molecule has 0 saturated heterocycles. The molecule has 2 rings (SSSR count). The normalized spacial score (nSPS) is 10.9. The Balaban J connectivity index is 3.01. The number of rotatable bonds is 2. The first-order valence-electron chi connectivity index (χ1n) is 5.57. The lowest BCUT2D eigenvalue weighted by atomic mass is 10.0. The first-order valence-corrected chi connectivity index (χ1v) is 10.2. The number of benzene rings is 2. The molecule has 0 aliphatic carbocycles. The molecule has 0 unspecified atom stereocenters. The zero-order valence-corrected chi connectivity index (χ0v) is 13.5. The molecule has 0 heterocycles. The summed E-state index contributed by atoms with van der Waals surface area (Å²) >= 11 is 0.718. The maximum Gasteiger partial charge on any atom is 0.516 e. The van der Waals surface area contributed by atoms with E-state index in [2.05, 4.69) is 12.9 Å². The zero-order valence-electron chi connectivity index (χ0n) is 10.5. The van der Waals surface area contributed by atoms with Crippen molar-refractivity contribution >= 4 is 34.8 Å². The van der Waals surface area contributed by atoms with E-state index in [0.29, 0.717) is 0 Å². The fraction of sp³-hybridized carbons (Fsp3) is 0. The molecule has 11 heteroatoms. The van der Waals surface area contributed by atoms with Gasteiger partial charge >= 0.3 is 18.2 Å². The fourth-order valence-electron chi connectivity index (χ4n) is 1.84. The van der Waals surface area contributed by atoms with Gasteiger partial charge < -0.3 is 0 Å².